The summed E-state index contributed by atoms with van der Waals surface area (Å²) in [5, 5.41) is 25.7. The smallest absolute Gasteiger partial charge is 0.333 e. The van der Waals surface area contributed by atoms with Gasteiger partial charge in [-0.1, -0.05) is 23.2 Å². The van der Waals surface area contributed by atoms with Crippen molar-refractivity contribution in [1.82, 2.24) is 9.97 Å². The van der Waals surface area contributed by atoms with E-state index in [0.717, 1.165) is 6.33 Å². The van der Waals surface area contributed by atoms with Crippen molar-refractivity contribution in [2.75, 3.05) is 16.2 Å². The van der Waals surface area contributed by atoms with Crippen molar-refractivity contribution < 1.29 is 9.85 Å². The average molecular weight is 436 g/mol. The molecule has 0 aliphatic rings. The maximum Gasteiger partial charge on any atom is 0.355 e. The Morgan fingerprint density at radius 1 is 0.862 bits per heavy atom. The van der Waals surface area contributed by atoms with E-state index in [1.165, 1.54) is 30.3 Å². The van der Waals surface area contributed by atoms with Crippen LogP contribution in [0.4, 0.5) is 34.4 Å². The first kappa shape index (κ1) is 20.0. The molecule has 0 atom stereocenters. The summed E-state index contributed by atoms with van der Waals surface area (Å²) in [5.41, 5.74) is 5.57. The monoisotopic (exact) mass is 435 g/mol. The number of hydrazine groups is 1. The molecular formula is C16H11Cl2N7O4. The highest BCUT2D eigenvalue weighted by Gasteiger charge is 2.23. The summed E-state index contributed by atoms with van der Waals surface area (Å²) >= 11 is 11.9. The van der Waals surface area contributed by atoms with Crippen LogP contribution in [-0.4, -0.2) is 19.8 Å². The van der Waals surface area contributed by atoms with E-state index in [9.17, 15) is 20.2 Å². The Morgan fingerprint density at radius 2 is 1.55 bits per heavy atom. The molecule has 0 bridgehead atoms. The normalized spacial score (nSPS) is 10.3. The van der Waals surface area contributed by atoms with E-state index in [1.807, 2.05) is 0 Å². The van der Waals surface area contributed by atoms with Gasteiger partial charge in [-0.3, -0.25) is 31.1 Å². The van der Waals surface area contributed by atoms with Gasteiger partial charge in [0.15, 0.2) is 0 Å². The van der Waals surface area contributed by atoms with Crippen LogP contribution in [0.3, 0.4) is 0 Å². The number of anilines is 4. The predicted molar refractivity (Wildman–Crippen MR) is 109 cm³/mol. The Bertz CT molecular complexity index is 1080. The molecule has 13 heteroatoms. The molecule has 0 amide bonds. The number of nitro benzene ring substituents is 1. The fraction of sp³-hybridized carbons (Fsp3) is 0. The molecule has 1 aromatic heterocycles. The van der Waals surface area contributed by atoms with Gasteiger partial charge in [-0.25, -0.2) is 9.97 Å². The van der Waals surface area contributed by atoms with Gasteiger partial charge in [-0.2, -0.15) is 0 Å². The lowest BCUT2D eigenvalue weighted by Gasteiger charge is -2.12. The van der Waals surface area contributed by atoms with Crippen LogP contribution in [0.5, 0.6) is 0 Å². The van der Waals surface area contributed by atoms with Crippen molar-refractivity contribution in [3.8, 4) is 0 Å². The zero-order chi connectivity index (χ0) is 21.0. The Kier molecular flexibility index (Phi) is 5.90. The minimum absolute atomic E-state index is 0.0881. The number of hydrogen-bond acceptors (Lipinski definition) is 9. The molecule has 3 rings (SSSR count). The standard InChI is InChI=1S/C16H11Cl2N7O4/c17-9-1-6-13(12(18)7-9)21-15-14(25(28)29)16(20-8-19-15)23-22-10-2-4-11(5-3-10)24(26)27/h1-8,22H,(H2,19,20,21,23). The van der Waals surface area contributed by atoms with Crippen molar-refractivity contribution in [1.29, 1.82) is 0 Å². The zero-order valence-electron chi connectivity index (χ0n) is 14.3. The van der Waals surface area contributed by atoms with Crippen molar-refractivity contribution in [2.45, 2.75) is 0 Å². The predicted octanol–water partition coefficient (Wildman–Crippen LogP) is 4.78. The van der Waals surface area contributed by atoms with Gasteiger partial charge in [-0.05, 0) is 30.3 Å². The first-order valence-electron chi connectivity index (χ1n) is 7.83. The lowest BCUT2D eigenvalue weighted by Crippen LogP contribution is -2.13. The maximum absolute atomic E-state index is 11.6. The molecule has 0 spiro atoms. The third-order valence-electron chi connectivity index (χ3n) is 3.59. The number of nitrogens with one attached hydrogen (secondary N) is 3. The van der Waals surface area contributed by atoms with Gasteiger partial charge in [0, 0.05) is 17.2 Å². The molecule has 0 saturated carbocycles. The summed E-state index contributed by atoms with van der Waals surface area (Å²) in [6.45, 7) is 0. The van der Waals surface area contributed by atoms with E-state index >= 15 is 0 Å². The quantitative estimate of drug-likeness (QED) is 0.351. The number of aromatic nitrogens is 2. The third kappa shape index (κ3) is 4.78. The van der Waals surface area contributed by atoms with Gasteiger partial charge in [0.1, 0.15) is 6.33 Å². The van der Waals surface area contributed by atoms with Crippen LogP contribution in [0.1, 0.15) is 0 Å². The zero-order valence-corrected chi connectivity index (χ0v) is 15.8. The highest BCUT2D eigenvalue weighted by atomic mass is 35.5. The van der Waals surface area contributed by atoms with E-state index in [0.29, 0.717) is 16.4 Å². The molecule has 29 heavy (non-hydrogen) atoms. The number of halogens is 2. The fourth-order valence-electron chi connectivity index (χ4n) is 2.25. The van der Waals surface area contributed by atoms with Crippen molar-refractivity contribution in [3.05, 3.63) is 79.1 Å². The SMILES string of the molecule is O=[N+]([O-])c1ccc(NNc2ncnc(Nc3ccc(Cl)cc3Cl)c2[N+](=O)[O-])cc1. The van der Waals surface area contributed by atoms with Crippen LogP contribution in [0.25, 0.3) is 0 Å². The summed E-state index contributed by atoms with van der Waals surface area (Å²) < 4.78 is 0. The second kappa shape index (κ2) is 8.54. The number of non-ortho nitro benzene ring substituents is 1. The second-order valence-electron chi connectivity index (χ2n) is 5.48. The van der Waals surface area contributed by atoms with E-state index in [1.54, 1.807) is 12.1 Å². The van der Waals surface area contributed by atoms with Gasteiger partial charge in [0.25, 0.3) is 5.69 Å². The van der Waals surface area contributed by atoms with Crippen molar-refractivity contribution in [2.24, 2.45) is 0 Å². The Morgan fingerprint density at radius 3 is 2.17 bits per heavy atom. The first-order chi connectivity index (χ1) is 13.8. The van der Waals surface area contributed by atoms with Crippen LogP contribution in [-0.2, 0) is 0 Å². The molecule has 148 valence electrons. The molecule has 11 nitrogen and oxygen atoms in total. The van der Waals surface area contributed by atoms with Crippen LogP contribution >= 0.6 is 23.2 Å². The maximum atomic E-state index is 11.6. The topological polar surface area (TPSA) is 148 Å². The average Bonchev–Trinajstić information content (AvgIpc) is 2.68. The van der Waals surface area contributed by atoms with Gasteiger partial charge >= 0.3 is 5.69 Å². The van der Waals surface area contributed by atoms with Gasteiger partial charge in [0.05, 0.1) is 26.2 Å². The summed E-state index contributed by atoms with van der Waals surface area (Å²) in [6.07, 6.45) is 1.12. The molecule has 0 fully saturated rings. The highest BCUT2D eigenvalue weighted by Crippen LogP contribution is 2.34. The van der Waals surface area contributed by atoms with Crippen molar-refractivity contribution in [3.63, 3.8) is 0 Å². The van der Waals surface area contributed by atoms with Crippen LogP contribution < -0.4 is 16.2 Å². The molecule has 0 aliphatic heterocycles. The van der Waals surface area contributed by atoms with Gasteiger partial charge in [-0.15, -0.1) is 0 Å². The van der Waals surface area contributed by atoms with Crippen LogP contribution in [0.2, 0.25) is 10.0 Å². The molecule has 0 saturated heterocycles. The van der Waals surface area contributed by atoms with E-state index in [2.05, 4.69) is 26.1 Å². The van der Waals surface area contributed by atoms with Crippen LogP contribution in [0, 0.1) is 20.2 Å². The molecule has 3 aromatic rings. The van der Waals surface area contributed by atoms with Gasteiger partial charge < -0.3 is 5.32 Å². The molecule has 0 aliphatic carbocycles. The third-order valence-corrected chi connectivity index (χ3v) is 4.14. The van der Waals surface area contributed by atoms with E-state index in [-0.39, 0.29) is 22.3 Å². The number of hydrogen-bond donors (Lipinski definition) is 3. The van der Waals surface area contributed by atoms with E-state index < -0.39 is 15.5 Å². The van der Waals surface area contributed by atoms with Crippen molar-refractivity contribution >= 4 is 57.6 Å². The molecule has 1 heterocycles. The Hall–Kier alpha value is -3.70. The Balaban J connectivity index is 1.84. The lowest BCUT2D eigenvalue weighted by molar-refractivity contribution is -0.384. The Labute approximate surface area is 173 Å². The number of rotatable bonds is 7. The minimum Gasteiger partial charge on any atom is -0.333 e. The molecule has 3 N–H and O–H groups in total. The number of nitrogens with zero attached hydrogens (tertiary/aromatic N) is 4. The lowest BCUT2D eigenvalue weighted by atomic mass is 10.3. The summed E-state index contributed by atoms with van der Waals surface area (Å²) in [7, 11) is 0. The van der Waals surface area contributed by atoms with E-state index in [4.69, 9.17) is 23.2 Å². The second-order valence-corrected chi connectivity index (χ2v) is 6.32. The summed E-state index contributed by atoms with van der Waals surface area (Å²) in [4.78, 5) is 28.9. The van der Waals surface area contributed by atoms with Gasteiger partial charge in [0.2, 0.25) is 11.6 Å². The first-order valence-corrected chi connectivity index (χ1v) is 8.58. The number of nitro groups is 2. The van der Waals surface area contributed by atoms with Crippen LogP contribution in [0.15, 0.2) is 48.8 Å². The summed E-state index contributed by atoms with van der Waals surface area (Å²) in [6, 6.07) is 10.0. The molecule has 0 unspecified atom stereocenters. The molecule has 2 aromatic carbocycles. The molecule has 0 radical (unpaired) electrons. The highest BCUT2D eigenvalue weighted by molar-refractivity contribution is 6.36. The molecular weight excluding hydrogens is 425 g/mol. The minimum atomic E-state index is -0.661. The summed E-state index contributed by atoms with van der Waals surface area (Å²) in [5.74, 6) is -0.224. The fourth-order valence-corrected chi connectivity index (χ4v) is 2.71. The largest absolute Gasteiger partial charge is 0.355 e. The number of benzene rings is 2.